The minimum Gasteiger partial charge on any atom is -0.261 e. The molecule has 0 N–H and O–H groups in total. The minimum atomic E-state index is 0.186. The fraction of sp³-hybridized carbons (Fsp3) is 0.762. The zero-order valence-corrected chi connectivity index (χ0v) is 15.6. The summed E-state index contributed by atoms with van der Waals surface area (Å²) in [5.41, 5.74) is 2.44. The van der Waals surface area contributed by atoms with E-state index >= 15 is 0 Å². The van der Waals surface area contributed by atoms with E-state index in [1.807, 2.05) is 12.3 Å². The van der Waals surface area contributed by atoms with Gasteiger partial charge in [-0.1, -0.05) is 47.6 Å². The molecule has 0 aromatic carbocycles. The van der Waals surface area contributed by atoms with Gasteiger partial charge in [-0.15, -0.1) is 0 Å². The molecule has 0 atom stereocenters. The Hall–Kier alpha value is -0.850. The predicted octanol–water partition coefficient (Wildman–Crippen LogP) is 6.38. The van der Waals surface area contributed by atoms with E-state index in [0.29, 0.717) is 10.8 Å². The van der Waals surface area contributed by atoms with Crippen molar-refractivity contribution in [1.82, 2.24) is 4.98 Å². The SMILES string of the molecule is CC1(CCC(C)(C)c2ccccn2)CCC(C(C)(C)C)CC1. The Kier molecular flexibility index (Phi) is 5.04. The summed E-state index contributed by atoms with van der Waals surface area (Å²) < 4.78 is 0. The van der Waals surface area contributed by atoms with E-state index in [1.165, 1.54) is 44.2 Å². The van der Waals surface area contributed by atoms with Crippen molar-refractivity contribution in [2.45, 2.75) is 85.5 Å². The van der Waals surface area contributed by atoms with Crippen molar-refractivity contribution >= 4 is 0 Å². The lowest BCUT2D eigenvalue weighted by atomic mass is 9.62. The Bertz CT molecular complexity index is 458. The smallest absolute Gasteiger partial charge is 0.0459 e. The monoisotopic (exact) mass is 301 g/mol. The van der Waals surface area contributed by atoms with Gasteiger partial charge in [0.25, 0.3) is 0 Å². The van der Waals surface area contributed by atoms with Crippen LogP contribution in [0.4, 0.5) is 0 Å². The number of hydrogen-bond acceptors (Lipinski definition) is 1. The Balaban J connectivity index is 1.92. The molecule has 1 aromatic rings. The van der Waals surface area contributed by atoms with Crippen LogP contribution < -0.4 is 0 Å². The lowest BCUT2D eigenvalue weighted by Gasteiger charge is -2.43. The first-order chi connectivity index (χ1) is 10.1. The zero-order chi connectivity index (χ0) is 16.4. The molecular formula is C21H35N. The molecule has 1 saturated carbocycles. The maximum Gasteiger partial charge on any atom is 0.0459 e. The van der Waals surface area contributed by atoms with Crippen LogP contribution in [0.3, 0.4) is 0 Å². The molecule has 0 radical (unpaired) electrons. The number of pyridine rings is 1. The average Bonchev–Trinajstić information content (AvgIpc) is 2.46. The van der Waals surface area contributed by atoms with E-state index < -0.39 is 0 Å². The van der Waals surface area contributed by atoms with Gasteiger partial charge < -0.3 is 0 Å². The largest absolute Gasteiger partial charge is 0.261 e. The van der Waals surface area contributed by atoms with Crippen molar-refractivity contribution in [3.63, 3.8) is 0 Å². The van der Waals surface area contributed by atoms with Crippen LogP contribution in [0, 0.1) is 16.7 Å². The van der Waals surface area contributed by atoms with E-state index in [4.69, 9.17) is 0 Å². The van der Waals surface area contributed by atoms with E-state index in [0.717, 1.165) is 5.92 Å². The van der Waals surface area contributed by atoms with Crippen LogP contribution in [0.5, 0.6) is 0 Å². The highest BCUT2D eigenvalue weighted by Gasteiger charge is 2.36. The second kappa shape index (κ2) is 6.34. The van der Waals surface area contributed by atoms with Gasteiger partial charge in [0.05, 0.1) is 0 Å². The highest BCUT2D eigenvalue weighted by molar-refractivity contribution is 5.14. The van der Waals surface area contributed by atoms with Gasteiger partial charge in [0, 0.05) is 17.3 Å². The van der Waals surface area contributed by atoms with Crippen LogP contribution in [0.1, 0.15) is 85.8 Å². The Morgan fingerprint density at radius 1 is 1.09 bits per heavy atom. The van der Waals surface area contributed by atoms with Crippen LogP contribution in [-0.2, 0) is 5.41 Å². The Labute approximate surface area is 137 Å². The molecule has 1 nitrogen and oxygen atoms in total. The fourth-order valence-electron chi connectivity index (χ4n) is 3.94. The summed E-state index contributed by atoms with van der Waals surface area (Å²) in [5, 5.41) is 0. The summed E-state index contributed by atoms with van der Waals surface area (Å²) in [6.45, 7) is 14.4. The van der Waals surface area contributed by atoms with Gasteiger partial charge in [-0.2, -0.15) is 0 Å². The van der Waals surface area contributed by atoms with Crippen LogP contribution in [0.25, 0.3) is 0 Å². The second-order valence-electron chi connectivity index (χ2n) is 9.55. The van der Waals surface area contributed by atoms with Crippen LogP contribution in [0.2, 0.25) is 0 Å². The number of aromatic nitrogens is 1. The molecule has 0 spiro atoms. The van der Waals surface area contributed by atoms with Crippen molar-refractivity contribution in [3.05, 3.63) is 30.1 Å². The number of nitrogens with zero attached hydrogens (tertiary/aromatic N) is 1. The van der Waals surface area contributed by atoms with E-state index in [-0.39, 0.29) is 5.41 Å². The molecule has 1 aliphatic rings. The van der Waals surface area contributed by atoms with Gasteiger partial charge in [0.1, 0.15) is 0 Å². The average molecular weight is 302 g/mol. The van der Waals surface area contributed by atoms with Crippen LogP contribution in [0.15, 0.2) is 24.4 Å². The third kappa shape index (κ3) is 4.33. The van der Waals surface area contributed by atoms with E-state index in [2.05, 4.69) is 58.7 Å². The first-order valence-corrected chi connectivity index (χ1v) is 9.04. The zero-order valence-electron chi connectivity index (χ0n) is 15.6. The normalized spacial score (nSPS) is 26.9. The molecule has 22 heavy (non-hydrogen) atoms. The molecule has 1 aromatic heterocycles. The summed E-state index contributed by atoms with van der Waals surface area (Å²) in [6, 6.07) is 6.30. The van der Waals surface area contributed by atoms with Crippen LogP contribution >= 0.6 is 0 Å². The highest BCUT2D eigenvalue weighted by atomic mass is 14.7. The summed E-state index contributed by atoms with van der Waals surface area (Å²) in [7, 11) is 0. The lowest BCUT2D eigenvalue weighted by Crippen LogP contribution is -2.32. The molecule has 0 aliphatic heterocycles. The molecule has 1 heterocycles. The third-order valence-corrected chi connectivity index (χ3v) is 6.13. The molecule has 1 heteroatoms. The second-order valence-corrected chi connectivity index (χ2v) is 9.55. The molecule has 1 aliphatic carbocycles. The van der Waals surface area contributed by atoms with Crippen molar-refractivity contribution in [3.8, 4) is 0 Å². The quantitative estimate of drug-likeness (QED) is 0.628. The summed E-state index contributed by atoms with van der Waals surface area (Å²) in [6.07, 6.45) is 10.1. The van der Waals surface area contributed by atoms with Crippen molar-refractivity contribution in [2.24, 2.45) is 16.7 Å². The molecule has 1 fully saturated rings. The van der Waals surface area contributed by atoms with Crippen molar-refractivity contribution < 1.29 is 0 Å². The van der Waals surface area contributed by atoms with Gasteiger partial charge in [0.15, 0.2) is 0 Å². The molecule has 0 bridgehead atoms. The minimum absolute atomic E-state index is 0.186. The fourth-order valence-corrected chi connectivity index (χ4v) is 3.94. The molecule has 2 rings (SSSR count). The number of rotatable bonds is 4. The maximum atomic E-state index is 4.58. The maximum absolute atomic E-state index is 4.58. The Morgan fingerprint density at radius 2 is 1.73 bits per heavy atom. The third-order valence-electron chi connectivity index (χ3n) is 6.13. The summed E-state index contributed by atoms with van der Waals surface area (Å²) in [5.74, 6) is 0.907. The molecule has 0 amide bonds. The van der Waals surface area contributed by atoms with Crippen molar-refractivity contribution in [2.75, 3.05) is 0 Å². The first kappa shape index (κ1) is 17.5. The first-order valence-electron chi connectivity index (χ1n) is 9.04. The summed E-state index contributed by atoms with van der Waals surface area (Å²) in [4.78, 5) is 4.58. The Morgan fingerprint density at radius 3 is 2.23 bits per heavy atom. The molecule has 124 valence electrons. The van der Waals surface area contributed by atoms with Gasteiger partial charge >= 0.3 is 0 Å². The molecule has 0 saturated heterocycles. The topological polar surface area (TPSA) is 12.9 Å². The lowest BCUT2D eigenvalue weighted by molar-refractivity contribution is 0.0874. The van der Waals surface area contributed by atoms with Crippen molar-refractivity contribution in [1.29, 1.82) is 0 Å². The van der Waals surface area contributed by atoms with Gasteiger partial charge in [-0.05, 0) is 67.4 Å². The predicted molar refractivity (Wildman–Crippen MR) is 96.0 cm³/mol. The molecular weight excluding hydrogens is 266 g/mol. The number of hydrogen-bond donors (Lipinski definition) is 0. The van der Waals surface area contributed by atoms with Gasteiger partial charge in [-0.3, -0.25) is 4.98 Å². The summed E-state index contributed by atoms with van der Waals surface area (Å²) >= 11 is 0. The standard InChI is InChI=1S/C21H35N/c1-19(2,3)17-10-12-21(6,13-11-17)15-14-20(4,5)18-9-7-8-16-22-18/h7-9,16-17H,10-15H2,1-6H3. The van der Waals surface area contributed by atoms with Crippen LogP contribution in [-0.4, -0.2) is 4.98 Å². The van der Waals surface area contributed by atoms with E-state index in [9.17, 15) is 0 Å². The van der Waals surface area contributed by atoms with E-state index in [1.54, 1.807) is 0 Å². The van der Waals surface area contributed by atoms with Gasteiger partial charge in [-0.25, -0.2) is 0 Å². The highest BCUT2D eigenvalue weighted by Crippen LogP contribution is 2.48. The van der Waals surface area contributed by atoms with Gasteiger partial charge in [0.2, 0.25) is 0 Å². The molecule has 0 unspecified atom stereocenters.